The van der Waals surface area contributed by atoms with Crippen LogP contribution in [0.25, 0.3) is 11.0 Å². The first-order chi connectivity index (χ1) is 10.7. The van der Waals surface area contributed by atoms with Gasteiger partial charge in [0.25, 0.3) is 0 Å². The molecule has 1 aliphatic rings. The molecule has 1 aliphatic carbocycles. The molecule has 3 rings (SSSR count). The Bertz CT molecular complexity index is 785. The van der Waals surface area contributed by atoms with Crippen LogP contribution in [0.4, 0.5) is 0 Å². The third-order valence-corrected chi connectivity index (χ3v) is 4.00. The van der Waals surface area contributed by atoms with E-state index in [-0.39, 0.29) is 17.5 Å². The number of hydrogen-bond donors (Lipinski definition) is 0. The van der Waals surface area contributed by atoms with E-state index in [1.165, 1.54) is 6.07 Å². The second-order valence-electron chi connectivity index (χ2n) is 5.50. The molecule has 0 fully saturated rings. The zero-order chi connectivity index (χ0) is 15.5. The molecule has 22 heavy (non-hydrogen) atoms. The number of ether oxygens (including phenoxy) is 1. The molecule has 4 nitrogen and oxygen atoms in total. The average Bonchev–Trinajstić information content (AvgIpc) is 2.54. The van der Waals surface area contributed by atoms with Crippen LogP contribution in [0, 0.1) is 5.92 Å². The smallest absolute Gasteiger partial charge is 0.336 e. The Morgan fingerprint density at radius 2 is 2.18 bits per heavy atom. The maximum absolute atomic E-state index is 12.1. The summed E-state index contributed by atoms with van der Waals surface area (Å²) >= 11 is 0. The van der Waals surface area contributed by atoms with Crippen molar-refractivity contribution in [2.75, 3.05) is 0 Å². The lowest BCUT2D eigenvalue weighted by atomic mass is 9.95. The quantitative estimate of drug-likeness (QED) is 0.376. The van der Waals surface area contributed by atoms with Gasteiger partial charge in [0.1, 0.15) is 11.3 Å². The fourth-order valence-corrected chi connectivity index (χ4v) is 2.77. The van der Waals surface area contributed by atoms with Crippen LogP contribution in [0.15, 0.2) is 45.6 Å². The van der Waals surface area contributed by atoms with E-state index >= 15 is 0 Å². The first-order valence-electron chi connectivity index (χ1n) is 7.61. The first kappa shape index (κ1) is 14.6. The number of allylic oxidation sites excluding steroid dienone is 2. The van der Waals surface area contributed by atoms with E-state index < -0.39 is 0 Å². The van der Waals surface area contributed by atoms with Gasteiger partial charge in [0.2, 0.25) is 0 Å². The zero-order valence-electron chi connectivity index (χ0n) is 12.5. The van der Waals surface area contributed by atoms with Crippen molar-refractivity contribution in [3.05, 3.63) is 52.4 Å². The SMILES string of the molecule is CCc1cc(=O)oc2cc(OC(=O)C3CC=CCC3)ccc12. The monoisotopic (exact) mass is 298 g/mol. The molecule has 1 aromatic heterocycles. The van der Waals surface area contributed by atoms with Crippen LogP contribution in [0.2, 0.25) is 0 Å². The molecular formula is C18H18O4. The van der Waals surface area contributed by atoms with Gasteiger partial charge in [-0.1, -0.05) is 19.1 Å². The topological polar surface area (TPSA) is 56.5 Å². The highest BCUT2D eigenvalue weighted by atomic mass is 16.5. The molecule has 1 heterocycles. The number of carbonyl (C=O) groups excluding carboxylic acids is 1. The summed E-state index contributed by atoms with van der Waals surface area (Å²) in [7, 11) is 0. The Morgan fingerprint density at radius 3 is 2.91 bits per heavy atom. The lowest BCUT2D eigenvalue weighted by molar-refractivity contribution is -0.139. The van der Waals surface area contributed by atoms with Crippen LogP contribution in [0.3, 0.4) is 0 Å². The van der Waals surface area contributed by atoms with Gasteiger partial charge >= 0.3 is 11.6 Å². The minimum atomic E-state index is -0.384. The number of hydrogen-bond acceptors (Lipinski definition) is 4. The minimum Gasteiger partial charge on any atom is -0.426 e. The molecule has 0 radical (unpaired) electrons. The summed E-state index contributed by atoms with van der Waals surface area (Å²) in [6.07, 6.45) is 7.30. The Morgan fingerprint density at radius 1 is 1.32 bits per heavy atom. The van der Waals surface area contributed by atoms with Crippen LogP contribution in [-0.2, 0) is 11.2 Å². The maximum atomic E-state index is 12.1. The fraction of sp³-hybridized carbons (Fsp3) is 0.333. The van der Waals surface area contributed by atoms with E-state index in [1.807, 2.05) is 19.1 Å². The largest absolute Gasteiger partial charge is 0.426 e. The highest BCUT2D eigenvalue weighted by Crippen LogP contribution is 2.25. The highest BCUT2D eigenvalue weighted by Gasteiger charge is 2.21. The van der Waals surface area contributed by atoms with Gasteiger partial charge in [-0.2, -0.15) is 0 Å². The van der Waals surface area contributed by atoms with E-state index in [0.29, 0.717) is 11.3 Å². The normalized spacial score (nSPS) is 17.6. The summed E-state index contributed by atoms with van der Waals surface area (Å²) in [6, 6.07) is 6.70. The third-order valence-electron chi connectivity index (χ3n) is 4.00. The molecule has 114 valence electrons. The van der Waals surface area contributed by atoms with E-state index in [1.54, 1.807) is 12.1 Å². The first-order valence-corrected chi connectivity index (χ1v) is 7.61. The molecule has 0 saturated heterocycles. The van der Waals surface area contributed by atoms with Crippen molar-refractivity contribution in [1.29, 1.82) is 0 Å². The molecule has 1 unspecified atom stereocenters. The van der Waals surface area contributed by atoms with Gasteiger partial charge in [0.05, 0.1) is 5.92 Å². The molecule has 1 atom stereocenters. The molecule has 2 aromatic rings. The lowest BCUT2D eigenvalue weighted by Crippen LogP contribution is -2.21. The number of aryl methyl sites for hydroxylation is 1. The number of benzene rings is 1. The lowest BCUT2D eigenvalue weighted by Gasteiger charge is -2.16. The summed E-state index contributed by atoms with van der Waals surface area (Å²) in [5.41, 5.74) is 1.00. The summed E-state index contributed by atoms with van der Waals surface area (Å²) in [6.45, 7) is 1.98. The predicted molar refractivity (Wildman–Crippen MR) is 84.0 cm³/mol. The van der Waals surface area contributed by atoms with E-state index in [4.69, 9.17) is 9.15 Å². The minimum absolute atomic E-state index is 0.0883. The summed E-state index contributed by atoms with van der Waals surface area (Å²) in [5.74, 6) is 0.107. The van der Waals surface area contributed by atoms with Crippen molar-refractivity contribution in [2.24, 2.45) is 5.92 Å². The fourth-order valence-electron chi connectivity index (χ4n) is 2.77. The molecule has 0 amide bonds. The van der Waals surface area contributed by atoms with Crippen molar-refractivity contribution >= 4 is 16.9 Å². The van der Waals surface area contributed by atoms with Crippen LogP contribution >= 0.6 is 0 Å². The molecule has 0 saturated carbocycles. The Hall–Kier alpha value is -2.36. The van der Waals surface area contributed by atoms with Crippen molar-refractivity contribution in [3.63, 3.8) is 0 Å². The Labute approximate surface area is 128 Å². The summed E-state index contributed by atoms with van der Waals surface area (Å²) in [4.78, 5) is 23.7. The Balaban J connectivity index is 1.87. The third kappa shape index (κ3) is 2.96. The molecule has 0 spiro atoms. The van der Waals surface area contributed by atoms with Crippen LogP contribution in [-0.4, -0.2) is 5.97 Å². The van der Waals surface area contributed by atoms with E-state index in [0.717, 1.165) is 36.6 Å². The number of fused-ring (bicyclic) bond motifs is 1. The van der Waals surface area contributed by atoms with Gasteiger partial charge < -0.3 is 9.15 Å². The second-order valence-corrected chi connectivity index (χ2v) is 5.50. The predicted octanol–water partition coefficient (Wildman–Crippen LogP) is 3.62. The number of esters is 1. The van der Waals surface area contributed by atoms with Gasteiger partial charge in [0.15, 0.2) is 0 Å². The van der Waals surface area contributed by atoms with Crippen molar-refractivity contribution in [2.45, 2.75) is 32.6 Å². The zero-order valence-corrected chi connectivity index (χ0v) is 12.5. The number of carbonyl (C=O) groups is 1. The van der Waals surface area contributed by atoms with Gasteiger partial charge in [-0.25, -0.2) is 4.79 Å². The Kier molecular flexibility index (Phi) is 4.09. The van der Waals surface area contributed by atoms with E-state index in [2.05, 4.69) is 6.08 Å². The van der Waals surface area contributed by atoms with Gasteiger partial charge in [-0.3, -0.25) is 4.79 Å². The second kappa shape index (κ2) is 6.18. The van der Waals surface area contributed by atoms with Gasteiger partial charge in [-0.15, -0.1) is 0 Å². The summed E-state index contributed by atoms with van der Waals surface area (Å²) < 4.78 is 10.7. The highest BCUT2D eigenvalue weighted by molar-refractivity contribution is 5.83. The van der Waals surface area contributed by atoms with Gasteiger partial charge in [0, 0.05) is 17.5 Å². The standard InChI is InChI=1S/C18H18O4/c1-2-12-10-17(19)22-16-11-14(8-9-15(12)16)21-18(20)13-6-4-3-5-7-13/h3-4,8-11,13H,2,5-7H2,1H3. The molecule has 0 bridgehead atoms. The van der Waals surface area contributed by atoms with Crippen LogP contribution < -0.4 is 10.4 Å². The molecule has 0 aliphatic heterocycles. The molecule has 4 heteroatoms. The number of rotatable bonds is 3. The molecule has 1 aromatic carbocycles. The molecule has 0 N–H and O–H groups in total. The van der Waals surface area contributed by atoms with Gasteiger partial charge in [-0.05, 0) is 43.4 Å². The maximum Gasteiger partial charge on any atom is 0.336 e. The summed E-state index contributed by atoms with van der Waals surface area (Å²) in [5, 5.41) is 0.877. The molecular weight excluding hydrogens is 280 g/mol. The van der Waals surface area contributed by atoms with E-state index in [9.17, 15) is 9.59 Å². The van der Waals surface area contributed by atoms with Crippen molar-refractivity contribution in [1.82, 2.24) is 0 Å². The average molecular weight is 298 g/mol. The van der Waals surface area contributed by atoms with Crippen LogP contribution in [0.5, 0.6) is 5.75 Å². The van der Waals surface area contributed by atoms with Crippen molar-refractivity contribution < 1.29 is 13.9 Å². The van der Waals surface area contributed by atoms with Crippen molar-refractivity contribution in [3.8, 4) is 5.75 Å². The van der Waals surface area contributed by atoms with Crippen LogP contribution in [0.1, 0.15) is 31.7 Å².